The van der Waals surface area contributed by atoms with Gasteiger partial charge in [-0.2, -0.15) is 0 Å². The summed E-state index contributed by atoms with van der Waals surface area (Å²) in [7, 11) is 0. The van der Waals surface area contributed by atoms with Crippen molar-refractivity contribution >= 4 is 23.6 Å². The van der Waals surface area contributed by atoms with Crippen LogP contribution in [0.3, 0.4) is 0 Å². The molecule has 0 spiro atoms. The lowest BCUT2D eigenvalue weighted by Crippen LogP contribution is -2.30. The lowest BCUT2D eigenvalue weighted by Gasteiger charge is -2.16. The van der Waals surface area contributed by atoms with Crippen molar-refractivity contribution in [3.63, 3.8) is 0 Å². The van der Waals surface area contributed by atoms with E-state index >= 15 is 0 Å². The normalized spacial score (nSPS) is 13.0. The molecule has 9 heteroatoms. The van der Waals surface area contributed by atoms with Gasteiger partial charge in [-0.1, -0.05) is 0 Å². The molecule has 0 saturated carbocycles. The fourth-order valence-electron chi connectivity index (χ4n) is 2.31. The Hall–Kier alpha value is -3.62. The van der Waals surface area contributed by atoms with Gasteiger partial charge in [-0.05, 0) is 25.1 Å². The molecular formula is C17H14N2O7. The molecule has 0 radical (unpaired) electrons. The lowest BCUT2D eigenvalue weighted by molar-refractivity contribution is -0.384. The van der Waals surface area contributed by atoms with Gasteiger partial charge in [0.1, 0.15) is 5.75 Å². The molecule has 1 amide bonds. The van der Waals surface area contributed by atoms with Gasteiger partial charge in [0.2, 0.25) is 6.79 Å². The van der Waals surface area contributed by atoms with E-state index in [2.05, 4.69) is 5.32 Å². The first kappa shape index (κ1) is 17.2. The van der Waals surface area contributed by atoms with Crippen molar-refractivity contribution < 1.29 is 28.7 Å². The van der Waals surface area contributed by atoms with Crippen LogP contribution in [0.25, 0.3) is 0 Å². The number of anilines is 1. The molecule has 26 heavy (non-hydrogen) atoms. The number of amides is 1. The van der Waals surface area contributed by atoms with Crippen molar-refractivity contribution in [1.29, 1.82) is 0 Å². The van der Waals surface area contributed by atoms with E-state index in [1.54, 1.807) is 18.2 Å². The van der Waals surface area contributed by atoms with Crippen LogP contribution in [0.1, 0.15) is 17.3 Å². The van der Waals surface area contributed by atoms with Crippen LogP contribution >= 0.6 is 0 Å². The zero-order valence-corrected chi connectivity index (χ0v) is 13.6. The Morgan fingerprint density at radius 1 is 1.27 bits per heavy atom. The van der Waals surface area contributed by atoms with Crippen LogP contribution in [0.4, 0.5) is 11.4 Å². The summed E-state index contributed by atoms with van der Waals surface area (Å²) in [6, 6.07) is 8.52. The van der Waals surface area contributed by atoms with Crippen LogP contribution in [0, 0.1) is 10.1 Å². The summed E-state index contributed by atoms with van der Waals surface area (Å²) in [5.74, 6) is 0.738. The van der Waals surface area contributed by atoms with Gasteiger partial charge >= 0.3 is 0 Å². The van der Waals surface area contributed by atoms with Gasteiger partial charge in [-0.15, -0.1) is 0 Å². The number of aldehydes is 1. The summed E-state index contributed by atoms with van der Waals surface area (Å²) in [5, 5.41) is 13.4. The highest BCUT2D eigenvalue weighted by Gasteiger charge is 2.20. The summed E-state index contributed by atoms with van der Waals surface area (Å²) < 4.78 is 15.9. The van der Waals surface area contributed by atoms with Crippen molar-refractivity contribution in [2.45, 2.75) is 13.0 Å². The smallest absolute Gasteiger partial charge is 0.270 e. The average Bonchev–Trinajstić information content (AvgIpc) is 3.09. The summed E-state index contributed by atoms with van der Waals surface area (Å²) in [5.41, 5.74) is 0.243. The van der Waals surface area contributed by atoms with Crippen LogP contribution < -0.4 is 19.5 Å². The van der Waals surface area contributed by atoms with Crippen LogP contribution in [0.5, 0.6) is 17.2 Å². The first-order valence-corrected chi connectivity index (χ1v) is 7.58. The van der Waals surface area contributed by atoms with Gasteiger partial charge in [-0.25, -0.2) is 0 Å². The highest BCUT2D eigenvalue weighted by Crippen LogP contribution is 2.34. The molecule has 2 aromatic rings. The number of rotatable bonds is 6. The monoisotopic (exact) mass is 358 g/mol. The molecule has 1 heterocycles. The van der Waals surface area contributed by atoms with Gasteiger partial charge in [0.25, 0.3) is 11.6 Å². The minimum absolute atomic E-state index is 0.0121. The molecule has 2 aromatic carbocycles. The number of non-ortho nitro benzene ring substituents is 1. The zero-order chi connectivity index (χ0) is 18.7. The third kappa shape index (κ3) is 3.56. The number of benzene rings is 2. The number of nitrogens with one attached hydrogen (secondary N) is 1. The Morgan fingerprint density at radius 2 is 2.04 bits per heavy atom. The van der Waals surface area contributed by atoms with E-state index in [-0.39, 0.29) is 23.8 Å². The van der Waals surface area contributed by atoms with Gasteiger partial charge in [0.05, 0.1) is 10.5 Å². The highest BCUT2D eigenvalue weighted by atomic mass is 16.7. The predicted molar refractivity (Wildman–Crippen MR) is 89.8 cm³/mol. The van der Waals surface area contributed by atoms with E-state index < -0.39 is 16.9 Å². The molecule has 0 saturated heterocycles. The van der Waals surface area contributed by atoms with E-state index in [1.807, 2.05) is 0 Å². The minimum atomic E-state index is -0.944. The molecule has 1 atom stereocenters. The quantitative estimate of drug-likeness (QED) is 0.479. The molecular weight excluding hydrogens is 344 g/mol. The second-order valence-electron chi connectivity index (χ2n) is 5.41. The standard InChI is InChI=1S/C17H14N2O7/c1-10(26-14-5-3-13(19(22)23)6-11(14)8-20)17(21)18-12-2-4-15-16(7-12)25-9-24-15/h2-8,10H,9H2,1H3,(H,18,21)/t10-/m1/s1. The Kier molecular flexibility index (Phi) is 4.70. The number of carbonyl (C=O) groups excluding carboxylic acids is 2. The fourth-order valence-corrected chi connectivity index (χ4v) is 2.31. The molecule has 1 aliphatic heterocycles. The van der Waals surface area contributed by atoms with E-state index in [9.17, 15) is 19.7 Å². The third-order valence-corrected chi connectivity index (χ3v) is 3.64. The van der Waals surface area contributed by atoms with Crippen LogP contribution in [0.2, 0.25) is 0 Å². The molecule has 1 aliphatic rings. The Labute approximate surface area is 147 Å². The van der Waals surface area contributed by atoms with E-state index in [4.69, 9.17) is 14.2 Å². The third-order valence-electron chi connectivity index (χ3n) is 3.64. The van der Waals surface area contributed by atoms with Gasteiger partial charge in [0.15, 0.2) is 23.9 Å². The second kappa shape index (κ2) is 7.09. The number of carbonyl (C=O) groups is 2. The molecule has 0 fully saturated rings. The summed E-state index contributed by atoms with van der Waals surface area (Å²) in [6.45, 7) is 1.62. The first-order chi connectivity index (χ1) is 12.5. The number of ether oxygens (including phenoxy) is 3. The van der Waals surface area contributed by atoms with Crippen molar-refractivity contribution in [3.8, 4) is 17.2 Å². The molecule has 3 rings (SSSR count). The minimum Gasteiger partial charge on any atom is -0.480 e. The van der Waals surface area contributed by atoms with Crippen molar-refractivity contribution in [2.24, 2.45) is 0 Å². The molecule has 134 valence electrons. The van der Waals surface area contributed by atoms with Crippen LogP contribution in [-0.2, 0) is 4.79 Å². The zero-order valence-electron chi connectivity index (χ0n) is 13.6. The molecule has 0 unspecified atom stereocenters. The fraction of sp³-hybridized carbons (Fsp3) is 0.176. The molecule has 9 nitrogen and oxygen atoms in total. The maximum absolute atomic E-state index is 12.3. The number of nitrogens with zero attached hydrogens (tertiary/aromatic N) is 1. The van der Waals surface area contributed by atoms with Gasteiger partial charge < -0.3 is 19.5 Å². The first-order valence-electron chi connectivity index (χ1n) is 7.58. The average molecular weight is 358 g/mol. The van der Waals surface area contributed by atoms with E-state index in [0.29, 0.717) is 23.5 Å². The van der Waals surface area contributed by atoms with E-state index in [0.717, 1.165) is 6.07 Å². The molecule has 1 N–H and O–H groups in total. The number of nitro groups is 1. The van der Waals surface area contributed by atoms with Crippen molar-refractivity contribution in [3.05, 3.63) is 52.1 Å². The van der Waals surface area contributed by atoms with Crippen LogP contribution in [-0.4, -0.2) is 30.0 Å². The summed E-state index contributed by atoms with van der Waals surface area (Å²) in [4.78, 5) is 33.6. The molecule has 0 aromatic heterocycles. The number of hydrogen-bond acceptors (Lipinski definition) is 7. The number of hydrogen-bond donors (Lipinski definition) is 1. The Morgan fingerprint density at radius 3 is 2.77 bits per heavy atom. The summed E-state index contributed by atoms with van der Waals surface area (Å²) in [6.07, 6.45) is -0.509. The van der Waals surface area contributed by atoms with E-state index in [1.165, 1.54) is 19.1 Å². The van der Waals surface area contributed by atoms with Crippen molar-refractivity contribution in [1.82, 2.24) is 0 Å². The van der Waals surface area contributed by atoms with Crippen LogP contribution in [0.15, 0.2) is 36.4 Å². The topological polar surface area (TPSA) is 117 Å². The maximum Gasteiger partial charge on any atom is 0.270 e. The number of fused-ring (bicyclic) bond motifs is 1. The molecule has 0 bridgehead atoms. The molecule has 0 aliphatic carbocycles. The SMILES string of the molecule is C[C@@H](Oc1ccc([N+](=O)[O-])cc1C=O)C(=O)Nc1ccc2c(c1)OCO2. The maximum atomic E-state index is 12.3. The van der Waals surface area contributed by atoms with Crippen molar-refractivity contribution in [2.75, 3.05) is 12.1 Å². The predicted octanol–water partition coefficient (Wildman–Crippen LogP) is 2.54. The Bertz CT molecular complexity index is 881. The largest absolute Gasteiger partial charge is 0.480 e. The summed E-state index contributed by atoms with van der Waals surface area (Å²) >= 11 is 0. The number of nitro benzene ring substituents is 1. The second-order valence-corrected chi connectivity index (χ2v) is 5.41. The Balaban J connectivity index is 1.69. The van der Waals surface area contributed by atoms with Gasteiger partial charge in [0, 0.05) is 23.9 Å². The lowest BCUT2D eigenvalue weighted by atomic mass is 10.2. The van der Waals surface area contributed by atoms with Gasteiger partial charge in [-0.3, -0.25) is 19.7 Å². The highest BCUT2D eigenvalue weighted by molar-refractivity contribution is 5.94.